The van der Waals surface area contributed by atoms with Crippen LogP contribution in [-0.4, -0.2) is 0 Å². The Morgan fingerprint density at radius 3 is 1.82 bits per heavy atom. The first kappa shape index (κ1) is 18.9. The average molecular weight is 425 g/mol. The standard InChI is InChI=1S/C22H16O3S3/c26-23-20-13-19(22(25-28)17-10-5-4-9-16(17)20)18-12-6-11-15(21(18)24-27)14-7-2-1-3-8-14/h1-13,26-28H. The SMILES string of the molecule is SOc1c(-c2ccccc2)cccc1-c1cc(OS)c2ccccc2c1OS. The van der Waals surface area contributed by atoms with E-state index in [4.69, 9.17) is 12.5 Å². The van der Waals surface area contributed by atoms with Gasteiger partial charge in [-0.2, -0.15) is 0 Å². The van der Waals surface area contributed by atoms with Gasteiger partial charge in [-0.25, -0.2) is 0 Å². The average Bonchev–Trinajstić information content (AvgIpc) is 2.77. The molecule has 3 nitrogen and oxygen atoms in total. The molecule has 0 radical (unpaired) electrons. The van der Waals surface area contributed by atoms with Gasteiger partial charge in [-0.1, -0.05) is 72.8 Å². The molecule has 0 atom stereocenters. The molecule has 0 unspecified atom stereocenters. The summed E-state index contributed by atoms with van der Waals surface area (Å²) >= 11 is 12.3. The number of hydrogen-bond donors (Lipinski definition) is 3. The van der Waals surface area contributed by atoms with E-state index in [2.05, 4.69) is 38.7 Å². The maximum absolute atomic E-state index is 5.52. The van der Waals surface area contributed by atoms with Gasteiger partial charge in [0, 0.05) is 66.2 Å². The fourth-order valence-corrected chi connectivity index (χ4v) is 3.93. The molecule has 0 saturated heterocycles. The van der Waals surface area contributed by atoms with Crippen LogP contribution in [0.25, 0.3) is 33.0 Å². The monoisotopic (exact) mass is 424 g/mol. The molecule has 0 heterocycles. The van der Waals surface area contributed by atoms with Crippen molar-refractivity contribution in [1.82, 2.24) is 0 Å². The maximum atomic E-state index is 5.52. The molecular weight excluding hydrogens is 408 g/mol. The number of rotatable bonds is 5. The van der Waals surface area contributed by atoms with Crippen LogP contribution < -0.4 is 12.5 Å². The van der Waals surface area contributed by atoms with Crippen molar-refractivity contribution in [2.45, 2.75) is 0 Å². The molecule has 140 valence electrons. The molecule has 0 amide bonds. The second-order valence-corrected chi connectivity index (χ2v) is 6.67. The van der Waals surface area contributed by atoms with Gasteiger partial charge in [0.1, 0.15) is 5.75 Å². The van der Waals surface area contributed by atoms with Gasteiger partial charge in [-0.15, -0.1) is 0 Å². The lowest BCUT2D eigenvalue weighted by atomic mass is 9.94. The summed E-state index contributed by atoms with van der Waals surface area (Å²) < 4.78 is 16.3. The summed E-state index contributed by atoms with van der Waals surface area (Å²) in [6, 6.07) is 25.5. The third kappa shape index (κ3) is 3.28. The van der Waals surface area contributed by atoms with Gasteiger partial charge in [0.2, 0.25) is 0 Å². The summed E-state index contributed by atoms with van der Waals surface area (Å²) in [4.78, 5) is 0. The minimum atomic E-state index is 0.602. The molecule has 4 rings (SSSR count). The van der Waals surface area contributed by atoms with Gasteiger partial charge in [0.25, 0.3) is 0 Å². The van der Waals surface area contributed by atoms with E-state index in [0.29, 0.717) is 17.2 Å². The van der Waals surface area contributed by atoms with E-state index in [9.17, 15) is 0 Å². The second kappa shape index (κ2) is 8.31. The van der Waals surface area contributed by atoms with Gasteiger partial charge in [0.05, 0.1) is 0 Å². The Balaban J connectivity index is 2.03. The van der Waals surface area contributed by atoms with Crippen molar-refractivity contribution in [3.63, 3.8) is 0 Å². The first-order chi connectivity index (χ1) is 13.8. The predicted octanol–water partition coefficient (Wildman–Crippen LogP) is 6.84. The molecule has 4 aromatic carbocycles. The molecule has 0 spiro atoms. The highest BCUT2D eigenvalue weighted by Crippen LogP contribution is 2.48. The van der Waals surface area contributed by atoms with Gasteiger partial charge in [-0.05, 0) is 11.6 Å². The maximum Gasteiger partial charge on any atom is 0.153 e. The van der Waals surface area contributed by atoms with Crippen molar-refractivity contribution in [2.24, 2.45) is 0 Å². The van der Waals surface area contributed by atoms with Crippen molar-refractivity contribution < 1.29 is 12.5 Å². The molecular formula is C22H16O3S3. The van der Waals surface area contributed by atoms with Crippen LogP contribution in [0.1, 0.15) is 0 Å². The Morgan fingerprint density at radius 1 is 0.500 bits per heavy atom. The van der Waals surface area contributed by atoms with Crippen LogP contribution in [0.4, 0.5) is 0 Å². The van der Waals surface area contributed by atoms with Crippen LogP contribution in [-0.2, 0) is 0 Å². The number of benzene rings is 4. The highest BCUT2D eigenvalue weighted by Gasteiger charge is 2.20. The number of para-hydroxylation sites is 1. The van der Waals surface area contributed by atoms with Crippen molar-refractivity contribution >= 4 is 49.5 Å². The van der Waals surface area contributed by atoms with E-state index in [1.54, 1.807) is 0 Å². The lowest BCUT2D eigenvalue weighted by molar-refractivity contribution is 0.648. The van der Waals surface area contributed by atoms with E-state index in [0.717, 1.165) is 33.0 Å². The molecule has 0 aromatic heterocycles. The predicted molar refractivity (Wildman–Crippen MR) is 124 cm³/mol. The second-order valence-electron chi connectivity index (χ2n) is 6.12. The topological polar surface area (TPSA) is 27.7 Å². The molecule has 28 heavy (non-hydrogen) atoms. The minimum absolute atomic E-state index is 0.602. The van der Waals surface area contributed by atoms with Gasteiger partial charge < -0.3 is 12.5 Å². The lowest BCUT2D eigenvalue weighted by Crippen LogP contribution is -1.93. The van der Waals surface area contributed by atoms with Crippen LogP contribution in [0.3, 0.4) is 0 Å². The van der Waals surface area contributed by atoms with Crippen LogP contribution in [0, 0.1) is 0 Å². The summed E-state index contributed by atoms with van der Waals surface area (Å²) in [7, 11) is 0. The number of hydrogen-bond acceptors (Lipinski definition) is 6. The third-order valence-electron chi connectivity index (χ3n) is 4.63. The van der Waals surface area contributed by atoms with Crippen LogP contribution in [0.2, 0.25) is 0 Å². The smallest absolute Gasteiger partial charge is 0.153 e. The Bertz CT molecular complexity index is 1130. The van der Waals surface area contributed by atoms with Crippen molar-refractivity contribution in [1.29, 1.82) is 0 Å². The Morgan fingerprint density at radius 2 is 1.14 bits per heavy atom. The largest absolute Gasteiger partial charge is 0.428 e. The van der Waals surface area contributed by atoms with E-state index in [-0.39, 0.29) is 0 Å². The Labute approximate surface area is 180 Å². The molecule has 4 aromatic rings. The summed E-state index contributed by atoms with van der Waals surface area (Å²) in [6.07, 6.45) is 0. The summed E-state index contributed by atoms with van der Waals surface area (Å²) in [5, 5.41) is 1.73. The lowest BCUT2D eigenvalue weighted by Gasteiger charge is -2.17. The van der Waals surface area contributed by atoms with E-state index in [1.807, 2.05) is 78.9 Å². The van der Waals surface area contributed by atoms with Crippen LogP contribution in [0.5, 0.6) is 17.2 Å². The zero-order chi connectivity index (χ0) is 19.5. The van der Waals surface area contributed by atoms with Crippen LogP contribution >= 0.6 is 38.7 Å². The third-order valence-corrected chi connectivity index (χ3v) is 5.19. The number of fused-ring (bicyclic) bond motifs is 1. The molecule has 0 aliphatic rings. The molecule has 0 fully saturated rings. The molecule has 0 N–H and O–H groups in total. The molecule has 0 aliphatic carbocycles. The minimum Gasteiger partial charge on any atom is -0.428 e. The molecule has 0 aliphatic heterocycles. The highest BCUT2D eigenvalue weighted by atomic mass is 32.1. The van der Waals surface area contributed by atoms with Crippen molar-refractivity contribution in [2.75, 3.05) is 0 Å². The summed E-state index contributed by atoms with van der Waals surface area (Å²) in [5.41, 5.74) is 3.50. The van der Waals surface area contributed by atoms with Gasteiger partial charge in [-0.3, -0.25) is 0 Å². The zero-order valence-corrected chi connectivity index (χ0v) is 17.3. The van der Waals surface area contributed by atoms with Crippen molar-refractivity contribution in [3.8, 4) is 39.5 Å². The van der Waals surface area contributed by atoms with Gasteiger partial charge >= 0.3 is 0 Å². The van der Waals surface area contributed by atoms with Gasteiger partial charge in [0.15, 0.2) is 11.5 Å². The van der Waals surface area contributed by atoms with E-state index >= 15 is 0 Å². The quantitative estimate of drug-likeness (QED) is 0.242. The zero-order valence-electron chi connectivity index (χ0n) is 14.6. The summed E-state index contributed by atoms with van der Waals surface area (Å²) in [5.74, 6) is 1.83. The first-order valence-corrected chi connectivity index (χ1v) is 9.56. The van der Waals surface area contributed by atoms with E-state index < -0.39 is 0 Å². The fraction of sp³-hybridized carbons (Fsp3) is 0. The number of thiol groups is 3. The van der Waals surface area contributed by atoms with Crippen molar-refractivity contribution in [3.05, 3.63) is 78.9 Å². The normalized spacial score (nSPS) is 10.7. The van der Waals surface area contributed by atoms with Crippen LogP contribution in [0.15, 0.2) is 78.9 Å². The fourth-order valence-electron chi connectivity index (χ4n) is 3.38. The Kier molecular flexibility index (Phi) is 5.62. The van der Waals surface area contributed by atoms with E-state index in [1.165, 1.54) is 0 Å². The molecule has 0 bridgehead atoms. The molecule has 0 saturated carbocycles. The molecule has 6 heteroatoms. The highest BCUT2D eigenvalue weighted by molar-refractivity contribution is 7.75. The first-order valence-electron chi connectivity index (χ1n) is 8.47. The summed E-state index contributed by atoms with van der Waals surface area (Å²) in [6.45, 7) is 0. The Hall–Kier alpha value is -2.41.